The lowest BCUT2D eigenvalue weighted by molar-refractivity contribution is 0.219. The minimum absolute atomic E-state index is 0.00613. The van der Waals surface area contributed by atoms with Crippen LogP contribution in [0, 0.1) is 0 Å². The molecule has 112 valence electrons. The first kappa shape index (κ1) is 15.8. The maximum atomic E-state index is 5.82. The largest absolute Gasteiger partial charge is 0.461 e. The summed E-state index contributed by atoms with van der Waals surface area (Å²) in [4.78, 5) is 17.0. The first-order valence-electron chi connectivity index (χ1n) is 6.53. The molecule has 2 rings (SSSR count). The quantitative estimate of drug-likeness (QED) is 0.873. The Labute approximate surface area is 132 Å². The van der Waals surface area contributed by atoms with Gasteiger partial charge in [0.1, 0.15) is 5.03 Å². The van der Waals surface area contributed by atoms with Gasteiger partial charge in [-0.2, -0.15) is 15.0 Å². The molecule has 0 fully saturated rings. The van der Waals surface area contributed by atoms with Gasteiger partial charge < -0.3 is 10.1 Å². The second-order valence-electron chi connectivity index (χ2n) is 4.34. The van der Waals surface area contributed by atoms with E-state index in [-0.39, 0.29) is 6.10 Å². The van der Waals surface area contributed by atoms with E-state index in [2.05, 4.69) is 25.3 Å². The zero-order valence-electron chi connectivity index (χ0n) is 12.0. The average molecular weight is 326 g/mol. The molecule has 1 N–H and O–H groups in total. The van der Waals surface area contributed by atoms with Crippen molar-refractivity contribution in [2.45, 2.75) is 37.1 Å². The van der Waals surface area contributed by atoms with Crippen LogP contribution in [-0.4, -0.2) is 32.6 Å². The number of rotatable bonds is 6. The average Bonchev–Trinajstić information content (AvgIpc) is 2.41. The minimum atomic E-state index is -0.00613. The highest BCUT2D eigenvalue weighted by Gasteiger charge is 2.10. The number of ether oxygens (including phenoxy) is 1. The fraction of sp³-hybridized carbons (Fsp3) is 0.385. The molecule has 0 aromatic carbocycles. The van der Waals surface area contributed by atoms with Crippen LogP contribution in [-0.2, 0) is 0 Å². The number of pyridine rings is 1. The monoisotopic (exact) mass is 325 g/mol. The topological polar surface area (TPSA) is 72.8 Å². The highest BCUT2D eigenvalue weighted by Crippen LogP contribution is 2.25. The lowest BCUT2D eigenvalue weighted by Gasteiger charge is -2.10. The summed E-state index contributed by atoms with van der Waals surface area (Å²) in [5.41, 5.74) is 0. The van der Waals surface area contributed by atoms with Gasteiger partial charge in [0.05, 0.1) is 11.1 Å². The first-order chi connectivity index (χ1) is 10.1. The fourth-order valence-electron chi connectivity index (χ4n) is 1.40. The van der Waals surface area contributed by atoms with Crippen molar-refractivity contribution in [3.63, 3.8) is 0 Å². The van der Waals surface area contributed by atoms with E-state index in [9.17, 15) is 0 Å². The summed E-state index contributed by atoms with van der Waals surface area (Å²) in [5, 5.41) is 4.92. The molecule has 0 atom stereocenters. The predicted molar refractivity (Wildman–Crippen MR) is 83.1 cm³/mol. The van der Waals surface area contributed by atoms with E-state index in [1.54, 1.807) is 12.3 Å². The molecule has 0 aliphatic carbocycles. The minimum Gasteiger partial charge on any atom is -0.461 e. The van der Waals surface area contributed by atoms with Crippen molar-refractivity contribution in [3.05, 3.63) is 23.4 Å². The maximum Gasteiger partial charge on any atom is 0.322 e. The highest BCUT2D eigenvalue weighted by atomic mass is 35.5. The Balaban J connectivity index is 2.24. The molecule has 0 amide bonds. The molecule has 2 heterocycles. The van der Waals surface area contributed by atoms with E-state index in [4.69, 9.17) is 16.3 Å². The summed E-state index contributed by atoms with van der Waals surface area (Å²) in [6.07, 6.45) is 1.58. The van der Waals surface area contributed by atoms with E-state index >= 15 is 0 Å². The van der Waals surface area contributed by atoms with Gasteiger partial charge in [-0.15, -0.1) is 0 Å². The van der Waals surface area contributed by atoms with Crippen LogP contribution < -0.4 is 10.1 Å². The van der Waals surface area contributed by atoms with E-state index < -0.39 is 0 Å². The van der Waals surface area contributed by atoms with Gasteiger partial charge in [0, 0.05) is 12.7 Å². The Morgan fingerprint density at radius 3 is 2.71 bits per heavy atom. The van der Waals surface area contributed by atoms with Gasteiger partial charge in [0.2, 0.25) is 11.1 Å². The summed E-state index contributed by atoms with van der Waals surface area (Å²) in [6.45, 7) is 6.53. The van der Waals surface area contributed by atoms with Crippen LogP contribution in [0.2, 0.25) is 5.02 Å². The number of nitrogens with one attached hydrogen (secondary N) is 1. The summed E-state index contributed by atoms with van der Waals surface area (Å²) in [7, 11) is 0. The molecule has 8 heteroatoms. The fourth-order valence-corrected chi connectivity index (χ4v) is 2.20. The van der Waals surface area contributed by atoms with Gasteiger partial charge in [-0.25, -0.2) is 4.98 Å². The third kappa shape index (κ3) is 5.02. The molecule has 0 radical (unpaired) electrons. The molecular formula is C13H16ClN5OS. The number of nitrogens with zero attached hydrogens (tertiary/aromatic N) is 4. The second kappa shape index (κ2) is 7.42. The van der Waals surface area contributed by atoms with Crippen LogP contribution in [0.5, 0.6) is 6.01 Å². The van der Waals surface area contributed by atoms with Crippen molar-refractivity contribution in [1.82, 2.24) is 19.9 Å². The van der Waals surface area contributed by atoms with Gasteiger partial charge >= 0.3 is 6.01 Å². The van der Waals surface area contributed by atoms with Crippen molar-refractivity contribution in [1.29, 1.82) is 0 Å². The Bertz CT molecular complexity index is 594. The molecule has 0 unspecified atom stereocenters. The van der Waals surface area contributed by atoms with Crippen LogP contribution >= 0.6 is 23.4 Å². The molecule has 0 bridgehead atoms. The number of anilines is 1. The molecule has 6 nitrogen and oxygen atoms in total. The van der Waals surface area contributed by atoms with Crippen molar-refractivity contribution in [3.8, 4) is 6.01 Å². The van der Waals surface area contributed by atoms with Gasteiger partial charge in [-0.1, -0.05) is 11.6 Å². The number of halogens is 1. The second-order valence-corrected chi connectivity index (χ2v) is 5.76. The third-order valence-corrected chi connectivity index (χ3v) is 3.21. The highest BCUT2D eigenvalue weighted by molar-refractivity contribution is 7.99. The Kier molecular flexibility index (Phi) is 5.58. The molecule has 0 saturated carbocycles. The predicted octanol–water partition coefficient (Wildman–Crippen LogP) is 3.29. The smallest absolute Gasteiger partial charge is 0.322 e. The summed E-state index contributed by atoms with van der Waals surface area (Å²) < 4.78 is 5.54. The summed E-state index contributed by atoms with van der Waals surface area (Å²) >= 11 is 7.15. The zero-order valence-corrected chi connectivity index (χ0v) is 13.6. The van der Waals surface area contributed by atoms with E-state index in [0.717, 1.165) is 5.03 Å². The van der Waals surface area contributed by atoms with Crippen LogP contribution in [0.15, 0.2) is 28.5 Å². The van der Waals surface area contributed by atoms with E-state index in [0.29, 0.717) is 28.7 Å². The summed E-state index contributed by atoms with van der Waals surface area (Å²) in [5.74, 6) is 0.486. The van der Waals surface area contributed by atoms with Gasteiger partial charge in [-0.05, 0) is 44.7 Å². The van der Waals surface area contributed by atoms with Gasteiger partial charge in [-0.3, -0.25) is 0 Å². The number of hydrogen-bond acceptors (Lipinski definition) is 7. The molecule has 2 aromatic heterocycles. The van der Waals surface area contributed by atoms with Crippen LogP contribution in [0.1, 0.15) is 20.8 Å². The SMILES string of the molecule is CCNc1nc(OC(C)C)nc(Sc2ccc(Cl)cn2)n1. The Morgan fingerprint density at radius 1 is 1.29 bits per heavy atom. The van der Waals surface area contributed by atoms with Gasteiger partial charge in [0.15, 0.2) is 0 Å². The molecule has 0 aliphatic rings. The number of aromatic nitrogens is 4. The molecular weight excluding hydrogens is 310 g/mol. The first-order valence-corrected chi connectivity index (χ1v) is 7.72. The maximum absolute atomic E-state index is 5.82. The van der Waals surface area contributed by atoms with Crippen LogP contribution in [0.25, 0.3) is 0 Å². The third-order valence-electron chi connectivity index (χ3n) is 2.17. The molecule has 0 spiro atoms. The molecule has 0 saturated heterocycles. The lowest BCUT2D eigenvalue weighted by atomic mass is 10.5. The lowest BCUT2D eigenvalue weighted by Crippen LogP contribution is -2.11. The molecule has 2 aromatic rings. The normalized spacial score (nSPS) is 10.7. The Morgan fingerprint density at radius 2 is 2.10 bits per heavy atom. The van der Waals surface area contributed by atoms with Crippen molar-refractivity contribution >= 4 is 29.3 Å². The molecule has 0 aliphatic heterocycles. The van der Waals surface area contributed by atoms with Crippen molar-refractivity contribution in [2.24, 2.45) is 0 Å². The van der Waals surface area contributed by atoms with Gasteiger partial charge in [0.25, 0.3) is 0 Å². The number of hydrogen-bond donors (Lipinski definition) is 1. The van der Waals surface area contributed by atoms with Crippen molar-refractivity contribution in [2.75, 3.05) is 11.9 Å². The van der Waals surface area contributed by atoms with Crippen molar-refractivity contribution < 1.29 is 4.74 Å². The Hall–Kier alpha value is -1.60. The standard InChI is InChI=1S/C13H16ClN5OS/c1-4-15-11-17-12(20-8(2)3)19-13(18-11)21-10-6-5-9(14)7-16-10/h5-8H,4H2,1-3H3,(H,15,17,18,19). The van der Waals surface area contributed by atoms with E-state index in [1.807, 2.05) is 26.8 Å². The summed E-state index contributed by atoms with van der Waals surface area (Å²) in [6, 6.07) is 3.88. The van der Waals surface area contributed by atoms with Crippen LogP contribution in [0.4, 0.5) is 5.95 Å². The molecule has 21 heavy (non-hydrogen) atoms. The zero-order chi connectivity index (χ0) is 15.2. The van der Waals surface area contributed by atoms with E-state index in [1.165, 1.54) is 11.8 Å². The van der Waals surface area contributed by atoms with Crippen LogP contribution in [0.3, 0.4) is 0 Å².